The van der Waals surface area contributed by atoms with Gasteiger partial charge < -0.3 is 20.1 Å². The third kappa shape index (κ3) is 3.82. The number of aryl methyl sites for hydroxylation is 1. The molecule has 1 aromatic carbocycles. The summed E-state index contributed by atoms with van der Waals surface area (Å²) >= 11 is 0. The van der Waals surface area contributed by atoms with Gasteiger partial charge in [0.05, 0.1) is 18.7 Å². The van der Waals surface area contributed by atoms with Crippen molar-refractivity contribution in [3.63, 3.8) is 0 Å². The molecule has 0 atom stereocenters. The van der Waals surface area contributed by atoms with Gasteiger partial charge in [-0.1, -0.05) is 12.1 Å². The molecule has 3 aromatic rings. The number of nitrogens with one attached hydrogen (secondary N) is 1. The molecule has 2 N–H and O–H groups in total. The smallest absolute Gasteiger partial charge is 0.290 e. The topological polar surface area (TPSA) is 100 Å². The van der Waals surface area contributed by atoms with E-state index in [4.69, 9.17) is 24.6 Å². The van der Waals surface area contributed by atoms with E-state index in [0.717, 1.165) is 53.9 Å². The Bertz CT molecular complexity index is 1000. The molecule has 28 heavy (non-hydrogen) atoms. The fraction of sp³-hybridized carbons (Fsp3) is 0.400. The molecule has 1 aliphatic heterocycles. The highest BCUT2D eigenvalue weighted by atomic mass is 16.5. The monoisotopic (exact) mass is 381 g/mol. The fourth-order valence-electron chi connectivity index (χ4n) is 3.35. The van der Waals surface area contributed by atoms with E-state index >= 15 is 0 Å². The summed E-state index contributed by atoms with van der Waals surface area (Å²) in [6.07, 6.45) is 4.34. The lowest BCUT2D eigenvalue weighted by Gasteiger charge is -2.28. The molecule has 2 aliphatic rings. The summed E-state index contributed by atoms with van der Waals surface area (Å²) in [5.74, 6) is 1.65. The zero-order valence-electron chi connectivity index (χ0n) is 15.8. The number of aromatic nitrogens is 3. The number of rotatable bonds is 3. The van der Waals surface area contributed by atoms with E-state index in [1.807, 2.05) is 6.20 Å². The maximum atomic E-state index is 8.36. The standard InChI is InChI=1S/C19H21N5O.CH2O2/c1-12-2-5-14-15-11-20-19(21-13-3-4-13)23-17(15)18(22-16(14)10-12)24-6-8-25-9-7-24;2-1-3/h2,5,10-11,13H,3-4,6-9H2,1H3,(H,20,21,23);1H,(H,2,3). The van der Waals surface area contributed by atoms with Gasteiger partial charge in [-0.15, -0.1) is 0 Å². The van der Waals surface area contributed by atoms with Gasteiger partial charge in [0.15, 0.2) is 5.82 Å². The molecule has 2 aromatic heterocycles. The molecule has 8 heteroatoms. The average Bonchev–Trinajstić information content (AvgIpc) is 3.52. The normalized spacial score (nSPS) is 16.5. The van der Waals surface area contributed by atoms with Crippen LogP contribution in [0.15, 0.2) is 24.4 Å². The maximum Gasteiger partial charge on any atom is 0.290 e. The molecule has 8 nitrogen and oxygen atoms in total. The highest BCUT2D eigenvalue weighted by Crippen LogP contribution is 2.32. The van der Waals surface area contributed by atoms with Crippen LogP contribution < -0.4 is 10.2 Å². The van der Waals surface area contributed by atoms with Crippen molar-refractivity contribution in [2.45, 2.75) is 25.8 Å². The van der Waals surface area contributed by atoms with Crippen LogP contribution in [-0.2, 0) is 9.53 Å². The lowest BCUT2D eigenvalue weighted by Crippen LogP contribution is -2.37. The minimum atomic E-state index is -0.250. The number of carboxylic acid groups (broad SMARTS) is 1. The summed E-state index contributed by atoms with van der Waals surface area (Å²) in [5.41, 5.74) is 3.14. The van der Waals surface area contributed by atoms with E-state index in [2.05, 4.69) is 40.3 Å². The second-order valence-corrected chi connectivity index (χ2v) is 7.04. The Balaban J connectivity index is 0.000000604. The predicted octanol–water partition coefficient (Wildman–Crippen LogP) is 2.60. The molecule has 3 heterocycles. The maximum absolute atomic E-state index is 8.36. The number of pyridine rings is 1. The molecule has 2 fully saturated rings. The zero-order valence-corrected chi connectivity index (χ0v) is 15.8. The van der Waals surface area contributed by atoms with Crippen LogP contribution in [0.2, 0.25) is 0 Å². The Morgan fingerprint density at radius 1 is 1.21 bits per heavy atom. The van der Waals surface area contributed by atoms with E-state index in [1.165, 1.54) is 18.4 Å². The van der Waals surface area contributed by atoms with Crippen LogP contribution in [0.25, 0.3) is 21.8 Å². The number of morpholine rings is 1. The van der Waals surface area contributed by atoms with Crippen molar-refractivity contribution in [1.82, 2.24) is 15.0 Å². The van der Waals surface area contributed by atoms with Gasteiger partial charge in [-0.05, 0) is 31.4 Å². The second kappa shape index (κ2) is 7.93. The van der Waals surface area contributed by atoms with Crippen molar-refractivity contribution in [3.05, 3.63) is 30.0 Å². The highest BCUT2D eigenvalue weighted by Gasteiger charge is 2.23. The summed E-state index contributed by atoms with van der Waals surface area (Å²) in [6.45, 7) is 4.99. The quantitative estimate of drug-likeness (QED) is 0.527. The highest BCUT2D eigenvalue weighted by molar-refractivity contribution is 6.08. The van der Waals surface area contributed by atoms with Crippen LogP contribution in [-0.4, -0.2) is 58.9 Å². The van der Waals surface area contributed by atoms with Gasteiger partial charge in [0.1, 0.15) is 5.52 Å². The Morgan fingerprint density at radius 2 is 1.96 bits per heavy atom. The van der Waals surface area contributed by atoms with Crippen LogP contribution in [0.3, 0.4) is 0 Å². The molecule has 5 rings (SSSR count). The van der Waals surface area contributed by atoms with E-state index in [-0.39, 0.29) is 6.47 Å². The molecule has 0 spiro atoms. The molecular weight excluding hydrogens is 358 g/mol. The Hall–Kier alpha value is -3.00. The Labute approximate surface area is 162 Å². The minimum absolute atomic E-state index is 0.250. The van der Waals surface area contributed by atoms with Crippen LogP contribution in [0.5, 0.6) is 0 Å². The number of ether oxygens (including phenoxy) is 1. The Kier molecular flexibility index (Phi) is 5.21. The fourth-order valence-corrected chi connectivity index (χ4v) is 3.35. The van der Waals surface area contributed by atoms with E-state index in [0.29, 0.717) is 12.0 Å². The lowest BCUT2D eigenvalue weighted by atomic mass is 10.1. The van der Waals surface area contributed by atoms with E-state index < -0.39 is 0 Å². The molecule has 1 saturated carbocycles. The van der Waals surface area contributed by atoms with Crippen molar-refractivity contribution in [1.29, 1.82) is 0 Å². The van der Waals surface area contributed by atoms with Crippen molar-refractivity contribution >= 4 is 40.0 Å². The van der Waals surface area contributed by atoms with Gasteiger partial charge in [-0.25, -0.2) is 15.0 Å². The van der Waals surface area contributed by atoms with Gasteiger partial charge in [-0.3, -0.25) is 4.79 Å². The van der Waals surface area contributed by atoms with Gasteiger partial charge in [0.25, 0.3) is 6.47 Å². The van der Waals surface area contributed by atoms with Crippen LogP contribution in [0.4, 0.5) is 11.8 Å². The van der Waals surface area contributed by atoms with E-state index in [9.17, 15) is 0 Å². The number of hydrogen-bond donors (Lipinski definition) is 2. The molecule has 1 saturated heterocycles. The van der Waals surface area contributed by atoms with Crippen LogP contribution >= 0.6 is 0 Å². The van der Waals surface area contributed by atoms with Crippen LogP contribution in [0.1, 0.15) is 18.4 Å². The SMILES string of the molecule is Cc1ccc2c(c1)nc(N1CCOCC1)c1nc(NC3CC3)ncc12.O=CO. The largest absolute Gasteiger partial charge is 0.483 e. The number of anilines is 2. The molecular formula is C20H23N5O3. The van der Waals surface area contributed by atoms with Crippen molar-refractivity contribution in [2.75, 3.05) is 36.5 Å². The third-order valence-corrected chi connectivity index (χ3v) is 4.89. The Morgan fingerprint density at radius 3 is 2.68 bits per heavy atom. The van der Waals surface area contributed by atoms with Gasteiger partial charge >= 0.3 is 0 Å². The number of hydrogen-bond acceptors (Lipinski definition) is 7. The zero-order chi connectivity index (χ0) is 19.5. The van der Waals surface area contributed by atoms with Gasteiger partial charge in [0, 0.05) is 36.1 Å². The first-order valence-electron chi connectivity index (χ1n) is 9.44. The number of fused-ring (bicyclic) bond motifs is 3. The van der Waals surface area contributed by atoms with Crippen molar-refractivity contribution in [2.24, 2.45) is 0 Å². The van der Waals surface area contributed by atoms with Crippen molar-refractivity contribution < 1.29 is 14.6 Å². The molecule has 146 valence electrons. The molecule has 1 aliphatic carbocycles. The summed E-state index contributed by atoms with van der Waals surface area (Å²) in [5, 5.41) is 12.5. The number of carbonyl (C=O) groups is 1. The van der Waals surface area contributed by atoms with Crippen molar-refractivity contribution in [3.8, 4) is 0 Å². The summed E-state index contributed by atoms with van der Waals surface area (Å²) in [4.78, 5) is 25.0. The molecule has 0 unspecified atom stereocenters. The third-order valence-electron chi connectivity index (χ3n) is 4.89. The predicted molar refractivity (Wildman–Crippen MR) is 108 cm³/mol. The first-order valence-corrected chi connectivity index (χ1v) is 9.44. The van der Waals surface area contributed by atoms with E-state index in [1.54, 1.807) is 0 Å². The average molecular weight is 381 g/mol. The molecule has 0 radical (unpaired) electrons. The molecule has 0 bridgehead atoms. The number of benzene rings is 1. The lowest BCUT2D eigenvalue weighted by molar-refractivity contribution is -0.122. The summed E-state index contributed by atoms with van der Waals surface area (Å²) in [6, 6.07) is 6.91. The number of nitrogens with zero attached hydrogens (tertiary/aromatic N) is 4. The van der Waals surface area contributed by atoms with Gasteiger partial charge in [0.2, 0.25) is 5.95 Å². The van der Waals surface area contributed by atoms with Crippen LogP contribution in [0, 0.1) is 6.92 Å². The minimum Gasteiger partial charge on any atom is -0.483 e. The first kappa shape index (κ1) is 18.4. The molecule has 0 amide bonds. The summed E-state index contributed by atoms with van der Waals surface area (Å²) < 4.78 is 5.51. The first-order chi connectivity index (χ1) is 13.7. The second-order valence-electron chi connectivity index (χ2n) is 7.04. The summed E-state index contributed by atoms with van der Waals surface area (Å²) in [7, 11) is 0. The van der Waals surface area contributed by atoms with Gasteiger partial charge in [-0.2, -0.15) is 0 Å².